The largest absolute Gasteiger partial charge is 0.710 e. The van der Waals surface area contributed by atoms with Crippen LogP contribution in [0.25, 0.3) is 0 Å². The topological polar surface area (TPSA) is 37.3 Å². The monoisotopic (exact) mass is 360 g/mol. The number of rotatable bonds is 1. The molecule has 1 aromatic rings. The summed E-state index contributed by atoms with van der Waals surface area (Å²) in [7, 11) is 0. The summed E-state index contributed by atoms with van der Waals surface area (Å²) in [5.41, 5.74) is 1.94. The Hall–Kier alpha value is -0.580. The Labute approximate surface area is 123 Å². The van der Waals surface area contributed by atoms with Crippen molar-refractivity contribution < 1.29 is 32.5 Å². The molecule has 1 aromatic carbocycles. The summed E-state index contributed by atoms with van der Waals surface area (Å²) in [6, 6.07) is 3.61. The summed E-state index contributed by atoms with van der Waals surface area (Å²) in [5.74, 6) is 0.316. The number of phenolic OH excluding ortho intramolecular Hbond substituents is 1. The fraction of sp³-hybridized carbons (Fsp3) is 0.533. The fourth-order valence-electron chi connectivity index (χ4n) is 1.89. The van der Waals surface area contributed by atoms with Crippen LogP contribution in [-0.4, -0.2) is 8.90 Å². The van der Waals surface area contributed by atoms with Crippen LogP contribution in [0.2, 0.25) is 0 Å². The van der Waals surface area contributed by atoms with Crippen molar-refractivity contribution in [3.05, 3.63) is 28.8 Å². The molecule has 1 radical (unpaired) electrons. The Kier molecular flexibility index (Phi) is 4.16. The molecule has 1 rings (SSSR count). The second-order valence-corrected chi connectivity index (χ2v) is 7.67. The van der Waals surface area contributed by atoms with E-state index < -0.39 is 0 Å². The van der Waals surface area contributed by atoms with Gasteiger partial charge in [0.05, 0.1) is 0 Å². The number of hydrogen-bond acceptors (Lipinski definition) is 2. The molecule has 2 nitrogen and oxygen atoms in total. The van der Waals surface area contributed by atoms with E-state index in [1.54, 1.807) is 34.7 Å². The maximum absolute atomic E-state index is 11.6. The molecule has 1 N–H and O–H groups in total. The highest BCUT2D eigenvalue weighted by molar-refractivity contribution is 5.87. The zero-order valence-electron chi connectivity index (χ0n) is 11.9. The number of carbonyl (C=O) groups is 1. The van der Waals surface area contributed by atoms with Crippen molar-refractivity contribution in [2.24, 2.45) is 0 Å². The van der Waals surface area contributed by atoms with Gasteiger partial charge >= 0.3 is 0 Å². The molecule has 0 saturated heterocycles. The molecule has 18 heavy (non-hydrogen) atoms. The van der Waals surface area contributed by atoms with Gasteiger partial charge in [-0.05, 0) is 28.5 Å². The number of aromatic hydroxyl groups is 1. The summed E-state index contributed by atoms with van der Waals surface area (Å²) >= 11 is 1.79. The first-order chi connectivity index (χ1) is 7.94. The molecule has 0 bridgehead atoms. The molecule has 101 valence electrons. The summed E-state index contributed by atoms with van der Waals surface area (Å²) in [5, 5.41) is 10.5. The van der Waals surface area contributed by atoms with Gasteiger partial charge in [0, 0.05) is 14.9 Å². The van der Waals surface area contributed by atoms with Crippen LogP contribution in [-0.2, 0) is 10.8 Å². The molecule has 0 saturated carbocycles. The van der Waals surface area contributed by atoms with E-state index in [1.807, 2.05) is 41.5 Å². The lowest BCUT2D eigenvalue weighted by molar-refractivity contribution is -0.255. The quantitative estimate of drug-likeness (QED) is 0.591. The van der Waals surface area contributed by atoms with Crippen LogP contribution in [0.15, 0.2) is 12.1 Å². The smallest absolute Gasteiger partial charge is 0.123 e. The molecular weight excluding hydrogens is 339 g/mol. The lowest BCUT2D eigenvalue weighted by atomic mass is 9.78. The average molecular weight is 360 g/mol. The van der Waals surface area contributed by atoms with E-state index in [9.17, 15) is 9.90 Å². The van der Waals surface area contributed by atoms with Gasteiger partial charge in [-0.2, -0.15) is 0 Å². The summed E-state index contributed by atoms with van der Waals surface area (Å²) in [4.78, 5) is 11.6. The highest BCUT2D eigenvalue weighted by Crippen LogP contribution is 2.39. The van der Waals surface area contributed by atoms with Gasteiger partial charge < -0.3 is 32.5 Å². The maximum atomic E-state index is 11.6. The van der Waals surface area contributed by atoms with E-state index in [2.05, 4.69) is 0 Å². The first kappa shape index (κ1) is 15.5. The van der Waals surface area contributed by atoms with E-state index in [0.717, 1.165) is 11.1 Å². The van der Waals surface area contributed by atoms with Gasteiger partial charge in [0.25, 0.3) is 0 Å². The molecule has 0 heterocycles. The standard InChI is InChI=1S/C15H21IO2/c1-14(2,3)10-7-9(13(16)18)8-11(12(10)17)15(4,5)6/h7-8,17H,1-6H3/q-1. The Bertz CT molecular complexity index is 441. The second-order valence-electron chi connectivity index (χ2n) is 6.69. The predicted molar refractivity (Wildman–Crippen MR) is 69.8 cm³/mol. The lowest BCUT2D eigenvalue weighted by Crippen LogP contribution is -3.38. The highest BCUT2D eigenvalue weighted by atomic mass is 127. The molecule has 0 amide bonds. The molecule has 0 atom stereocenters. The summed E-state index contributed by atoms with van der Waals surface area (Å²) < 4.78 is 0.00333. The number of halogens is 1. The van der Waals surface area contributed by atoms with Crippen molar-refractivity contribution in [2.75, 3.05) is 0 Å². The van der Waals surface area contributed by atoms with Gasteiger partial charge in [-0.3, -0.25) is 0 Å². The van der Waals surface area contributed by atoms with E-state index in [0.29, 0.717) is 11.3 Å². The highest BCUT2D eigenvalue weighted by Gasteiger charge is 2.26. The van der Waals surface area contributed by atoms with Gasteiger partial charge in [0.1, 0.15) is 5.75 Å². The maximum Gasteiger partial charge on any atom is 0.123 e. The molecule has 0 unspecified atom stereocenters. The Balaban J connectivity index is 3.64. The average Bonchev–Trinajstić information content (AvgIpc) is 2.13. The van der Waals surface area contributed by atoms with Crippen LogP contribution in [0, 0.1) is 0 Å². The third kappa shape index (κ3) is 3.25. The van der Waals surface area contributed by atoms with Gasteiger partial charge in [-0.25, -0.2) is 0 Å². The Morgan fingerprint density at radius 3 is 1.56 bits per heavy atom. The van der Waals surface area contributed by atoms with E-state index >= 15 is 0 Å². The van der Waals surface area contributed by atoms with Crippen LogP contribution in [0.1, 0.15) is 63.0 Å². The van der Waals surface area contributed by atoms with Gasteiger partial charge in [0.15, 0.2) is 0 Å². The molecule has 0 fully saturated rings. The third-order valence-electron chi connectivity index (χ3n) is 2.95. The van der Waals surface area contributed by atoms with Crippen LogP contribution in [0.4, 0.5) is 0 Å². The van der Waals surface area contributed by atoms with E-state index in [1.165, 1.54) is 0 Å². The van der Waals surface area contributed by atoms with Gasteiger partial charge in [0.2, 0.25) is 0 Å². The molecule has 3 heteroatoms. The van der Waals surface area contributed by atoms with Gasteiger partial charge in [-0.15, -0.1) is 0 Å². The van der Waals surface area contributed by atoms with Crippen LogP contribution in [0.5, 0.6) is 5.75 Å². The van der Waals surface area contributed by atoms with Crippen LogP contribution >= 0.6 is 0 Å². The van der Waals surface area contributed by atoms with Crippen LogP contribution in [0.3, 0.4) is 0 Å². The van der Waals surface area contributed by atoms with Crippen molar-refractivity contribution in [3.8, 4) is 5.75 Å². The Morgan fingerprint density at radius 2 is 1.33 bits per heavy atom. The molecule has 0 aliphatic heterocycles. The minimum atomic E-state index is -0.188. The molecular formula is C15H21IO2-. The third-order valence-corrected chi connectivity index (χ3v) is 3.58. The number of phenols is 1. The molecule has 0 aromatic heterocycles. The van der Waals surface area contributed by atoms with Crippen molar-refractivity contribution >= 4 is 3.79 Å². The fourth-order valence-corrected chi connectivity index (χ4v) is 2.20. The number of carbonyl (C=O) groups excluding carboxylic acids is 1. The molecule has 0 aliphatic carbocycles. The number of hydrogen-bond donors (Lipinski definition) is 1. The van der Waals surface area contributed by atoms with Crippen molar-refractivity contribution in [1.82, 2.24) is 0 Å². The first-order valence-electron chi connectivity index (χ1n) is 6.02. The minimum Gasteiger partial charge on any atom is -0.710 e. The first-order valence-corrected chi connectivity index (χ1v) is 7.10. The lowest BCUT2D eigenvalue weighted by Gasteiger charge is -2.28. The normalized spacial score (nSPS) is 12.6. The second kappa shape index (κ2) is 4.83. The minimum absolute atomic E-state index is 0.00333. The van der Waals surface area contributed by atoms with Crippen molar-refractivity contribution in [1.29, 1.82) is 0 Å². The van der Waals surface area contributed by atoms with Crippen molar-refractivity contribution in [3.63, 3.8) is 0 Å². The molecule has 0 spiro atoms. The number of benzene rings is 1. The summed E-state index contributed by atoms with van der Waals surface area (Å²) in [6.45, 7) is 12.2. The predicted octanol–water partition coefficient (Wildman–Crippen LogP) is 0.681. The van der Waals surface area contributed by atoms with E-state index in [-0.39, 0.29) is 14.6 Å². The molecule has 0 aliphatic rings. The SMILES string of the molecule is CC(C)(C)c1cc(C(=O)[I-])cc(C(C)(C)C)c1O. The Morgan fingerprint density at radius 1 is 1.00 bits per heavy atom. The van der Waals surface area contributed by atoms with Gasteiger partial charge in [-0.1, -0.05) is 41.5 Å². The van der Waals surface area contributed by atoms with Crippen molar-refractivity contribution in [2.45, 2.75) is 52.4 Å². The van der Waals surface area contributed by atoms with E-state index in [4.69, 9.17) is 0 Å². The van der Waals surface area contributed by atoms with Crippen LogP contribution < -0.4 is 22.6 Å². The summed E-state index contributed by atoms with van der Waals surface area (Å²) in [6.07, 6.45) is 0. The zero-order chi connectivity index (χ0) is 14.3. The zero-order valence-corrected chi connectivity index (χ0v) is 14.0.